The van der Waals surface area contributed by atoms with Crippen LogP contribution in [0, 0.1) is 0 Å². The van der Waals surface area contributed by atoms with Gasteiger partial charge in [0.15, 0.2) is 11.3 Å². The van der Waals surface area contributed by atoms with Crippen LogP contribution in [0.15, 0.2) is 52.9 Å². The Balaban J connectivity index is 2.05. The second kappa shape index (κ2) is 4.41. The molecule has 0 saturated heterocycles. The van der Waals surface area contributed by atoms with Gasteiger partial charge in [-0.3, -0.25) is 0 Å². The van der Waals surface area contributed by atoms with Gasteiger partial charge in [0.1, 0.15) is 5.76 Å². The third-order valence-corrected chi connectivity index (χ3v) is 3.56. The maximum Gasteiger partial charge on any atom is 0.176 e. The zero-order valence-corrected chi connectivity index (χ0v) is 12.0. The van der Waals surface area contributed by atoms with Crippen LogP contribution in [0.2, 0.25) is 0 Å². The number of hydrogen-bond acceptors (Lipinski definition) is 2. The fraction of sp³-hybridized carbons (Fsp3) is 0.222. The molecule has 102 valence electrons. The van der Waals surface area contributed by atoms with Crippen molar-refractivity contribution in [3.63, 3.8) is 0 Å². The van der Waals surface area contributed by atoms with Crippen molar-refractivity contribution in [1.82, 2.24) is 0 Å². The monoisotopic (exact) mass is 266 g/mol. The average molecular weight is 266 g/mol. The van der Waals surface area contributed by atoms with Crippen molar-refractivity contribution in [1.29, 1.82) is 0 Å². The first-order valence-corrected chi connectivity index (χ1v) is 6.77. The summed E-state index contributed by atoms with van der Waals surface area (Å²) in [6, 6.07) is 15.7. The summed E-state index contributed by atoms with van der Waals surface area (Å²) in [5.74, 6) is 0.960. The van der Waals surface area contributed by atoms with E-state index in [1.807, 2.05) is 18.2 Å². The van der Waals surface area contributed by atoms with E-state index in [1.165, 1.54) is 5.56 Å². The number of rotatable bonds is 1. The molecule has 0 spiro atoms. The van der Waals surface area contributed by atoms with Crippen molar-refractivity contribution in [2.24, 2.45) is 0 Å². The van der Waals surface area contributed by atoms with Gasteiger partial charge in [-0.2, -0.15) is 0 Å². The van der Waals surface area contributed by atoms with Crippen LogP contribution >= 0.6 is 0 Å². The van der Waals surface area contributed by atoms with Crippen molar-refractivity contribution in [2.75, 3.05) is 0 Å². The largest absolute Gasteiger partial charge is 0.504 e. The number of phenolic OH excluding ortho intramolecular Hbond substituents is 1. The normalized spacial score (nSPS) is 11.9. The first-order valence-electron chi connectivity index (χ1n) is 6.77. The first-order chi connectivity index (χ1) is 9.45. The van der Waals surface area contributed by atoms with Crippen molar-refractivity contribution in [3.05, 3.63) is 54.1 Å². The van der Waals surface area contributed by atoms with Crippen LogP contribution in [0.1, 0.15) is 26.3 Å². The SMILES string of the molecule is CC(C)(C)c1ccc(-c2cc3cccc(O)c3o2)cc1. The molecule has 1 aromatic heterocycles. The number of aromatic hydroxyl groups is 1. The maximum atomic E-state index is 9.79. The highest BCUT2D eigenvalue weighted by atomic mass is 16.4. The zero-order valence-electron chi connectivity index (χ0n) is 12.0. The molecule has 0 amide bonds. The minimum atomic E-state index is 0.144. The second-order valence-electron chi connectivity index (χ2n) is 6.13. The van der Waals surface area contributed by atoms with Gasteiger partial charge in [0.2, 0.25) is 0 Å². The van der Waals surface area contributed by atoms with Crippen molar-refractivity contribution < 1.29 is 9.52 Å². The molecule has 0 aliphatic carbocycles. The molecule has 20 heavy (non-hydrogen) atoms. The van der Waals surface area contributed by atoms with E-state index in [1.54, 1.807) is 6.07 Å². The summed E-state index contributed by atoms with van der Waals surface area (Å²) in [6.45, 7) is 6.59. The number of phenols is 1. The van der Waals surface area contributed by atoms with Crippen LogP contribution in [-0.4, -0.2) is 5.11 Å². The van der Waals surface area contributed by atoms with Crippen LogP contribution in [0.5, 0.6) is 5.75 Å². The van der Waals surface area contributed by atoms with Crippen LogP contribution < -0.4 is 0 Å². The summed E-state index contributed by atoms with van der Waals surface area (Å²) in [5.41, 5.74) is 3.00. The van der Waals surface area contributed by atoms with E-state index in [4.69, 9.17) is 4.42 Å². The minimum absolute atomic E-state index is 0.144. The molecule has 0 unspecified atom stereocenters. The third kappa shape index (κ3) is 2.18. The smallest absolute Gasteiger partial charge is 0.176 e. The molecule has 0 radical (unpaired) electrons. The molecule has 1 N–H and O–H groups in total. The van der Waals surface area contributed by atoms with Crippen LogP contribution in [0.3, 0.4) is 0 Å². The Morgan fingerprint density at radius 1 is 0.950 bits per heavy atom. The lowest BCUT2D eigenvalue weighted by atomic mass is 9.86. The topological polar surface area (TPSA) is 33.4 Å². The Hall–Kier alpha value is -2.22. The quantitative estimate of drug-likeness (QED) is 0.664. The fourth-order valence-electron chi connectivity index (χ4n) is 2.32. The second-order valence-corrected chi connectivity index (χ2v) is 6.13. The summed E-state index contributed by atoms with van der Waals surface area (Å²) in [7, 11) is 0. The maximum absolute atomic E-state index is 9.79. The van der Waals surface area contributed by atoms with Gasteiger partial charge >= 0.3 is 0 Å². The van der Waals surface area contributed by atoms with E-state index < -0.39 is 0 Å². The Kier molecular flexibility index (Phi) is 2.82. The molecule has 0 saturated carbocycles. The van der Waals surface area contributed by atoms with Gasteiger partial charge in [-0.15, -0.1) is 0 Å². The molecule has 0 aliphatic rings. The van der Waals surface area contributed by atoms with Gasteiger partial charge in [-0.05, 0) is 23.1 Å². The van der Waals surface area contributed by atoms with Gasteiger partial charge in [0, 0.05) is 10.9 Å². The molecule has 0 aliphatic heterocycles. The van der Waals surface area contributed by atoms with Crippen molar-refractivity contribution in [2.45, 2.75) is 26.2 Å². The molecule has 3 rings (SSSR count). The molecule has 2 aromatic carbocycles. The van der Waals surface area contributed by atoms with Gasteiger partial charge in [0.25, 0.3) is 0 Å². The molecule has 2 nitrogen and oxygen atoms in total. The van der Waals surface area contributed by atoms with E-state index in [9.17, 15) is 5.11 Å². The number of fused-ring (bicyclic) bond motifs is 1. The Labute approximate surface area is 118 Å². The summed E-state index contributed by atoms with van der Waals surface area (Å²) in [6.07, 6.45) is 0. The van der Waals surface area contributed by atoms with Gasteiger partial charge in [-0.25, -0.2) is 0 Å². The lowest BCUT2D eigenvalue weighted by Gasteiger charge is -2.18. The summed E-state index contributed by atoms with van der Waals surface area (Å²) < 4.78 is 5.76. The van der Waals surface area contributed by atoms with Gasteiger partial charge in [-0.1, -0.05) is 57.2 Å². The zero-order chi connectivity index (χ0) is 14.3. The van der Waals surface area contributed by atoms with Crippen molar-refractivity contribution >= 4 is 11.0 Å². The standard InChI is InChI=1S/C18H18O2/c1-18(2,3)14-9-7-12(8-10-14)16-11-13-5-4-6-15(19)17(13)20-16/h4-11,19H,1-3H3. The molecule has 0 atom stereocenters. The Bertz CT molecular complexity index is 743. The lowest BCUT2D eigenvalue weighted by molar-refractivity contribution is 0.466. The molecule has 3 aromatic rings. The third-order valence-electron chi connectivity index (χ3n) is 3.56. The number of benzene rings is 2. The highest BCUT2D eigenvalue weighted by molar-refractivity contribution is 5.87. The lowest BCUT2D eigenvalue weighted by Crippen LogP contribution is -2.10. The first kappa shape index (κ1) is 12.8. The van der Waals surface area contributed by atoms with Crippen molar-refractivity contribution in [3.8, 4) is 17.1 Å². The Morgan fingerprint density at radius 2 is 1.65 bits per heavy atom. The van der Waals surface area contributed by atoms with E-state index >= 15 is 0 Å². The van der Waals surface area contributed by atoms with E-state index in [0.717, 1.165) is 16.7 Å². The number of furan rings is 1. The molecule has 1 heterocycles. The highest BCUT2D eigenvalue weighted by Crippen LogP contribution is 2.33. The predicted molar refractivity (Wildman–Crippen MR) is 82.0 cm³/mol. The molecular weight excluding hydrogens is 248 g/mol. The van der Waals surface area contributed by atoms with Crippen LogP contribution in [-0.2, 0) is 5.41 Å². The average Bonchev–Trinajstić information content (AvgIpc) is 2.83. The highest BCUT2D eigenvalue weighted by Gasteiger charge is 2.14. The van der Waals surface area contributed by atoms with Crippen LogP contribution in [0.4, 0.5) is 0 Å². The summed E-state index contributed by atoms with van der Waals surface area (Å²) in [5, 5.41) is 10.7. The minimum Gasteiger partial charge on any atom is -0.504 e. The Morgan fingerprint density at radius 3 is 2.25 bits per heavy atom. The van der Waals surface area contributed by atoms with Gasteiger partial charge in [0.05, 0.1) is 0 Å². The molecular formula is C18H18O2. The van der Waals surface area contributed by atoms with Crippen LogP contribution in [0.25, 0.3) is 22.3 Å². The summed E-state index contributed by atoms with van der Waals surface area (Å²) in [4.78, 5) is 0. The summed E-state index contributed by atoms with van der Waals surface area (Å²) >= 11 is 0. The number of para-hydroxylation sites is 1. The molecule has 2 heteroatoms. The van der Waals surface area contributed by atoms with E-state index in [0.29, 0.717) is 5.58 Å². The van der Waals surface area contributed by atoms with E-state index in [2.05, 4.69) is 45.0 Å². The molecule has 0 fully saturated rings. The number of hydrogen-bond donors (Lipinski definition) is 1. The van der Waals surface area contributed by atoms with Gasteiger partial charge < -0.3 is 9.52 Å². The van der Waals surface area contributed by atoms with E-state index in [-0.39, 0.29) is 11.2 Å². The molecule has 0 bridgehead atoms. The fourth-order valence-corrected chi connectivity index (χ4v) is 2.32. The predicted octanol–water partition coefficient (Wildman–Crippen LogP) is 5.10.